The number of carbonyl (C=O) groups excluding carboxylic acids is 2. The summed E-state index contributed by atoms with van der Waals surface area (Å²) in [4.78, 5) is 31.7. The van der Waals surface area contributed by atoms with E-state index in [0.29, 0.717) is 27.7 Å². The number of ether oxygens (including phenoxy) is 1. The van der Waals surface area contributed by atoms with Crippen LogP contribution in [0, 0.1) is 0 Å². The number of aromatic nitrogens is 1. The van der Waals surface area contributed by atoms with Crippen molar-refractivity contribution in [2.75, 3.05) is 12.0 Å². The maximum Gasteiger partial charge on any atom is 0.300 e. The Morgan fingerprint density at radius 3 is 2.47 bits per heavy atom. The van der Waals surface area contributed by atoms with Crippen LogP contribution in [0.5, 0.6) is 5.75 Å². The molecule has 0 spiro atoms. The van der Waals surface area contributed by atoms with Crippen molar-refractivity contribution in [3.05, 3.63) is 94.8 Å². The number of aliphatic hydroxyl groups excluding tert-OH is 1. The van der Waals surface area contributed by atoms with Crippen LogP contribution in [0.2, 0.25) is 5.02 Å². The Morgan fingerprint density at radius 1 is 1.07 bits per heavy atom. The second-order valence-electron chi connectivity index (χ2n) is 6.61. The fourth-order valence-corrected chi connectivity index (χ4v) is 3.66. The first kappa shape index (κ1) is 19.7. The average molecular weight is 421 g/mol. The van der Waals surface area contributed by atoms with Gasteiger partial charge in [-0.2, -0.15) is 0 Å². The fraction of sp³-hybridized carbons (Fsp3) is 0.0870. The van der Waals surface area contributed by atoms with E-state index in [2.05, 4.69) is 4.98 Å². The number of anilines is 1. The maximum absolute atomic E-state index is 13.0. The molecular weight excluding hydrogens is 404 g/mol. The predicted octanol–water partition coefficient (Wildman–Crippen LogP) is 4.37. The van der Waals surface area contributed by atoms with Crippen LogP contribution in [0.3, 0.4) is 0 Å². The molecule has 1 atom stereocenters. The Balaban J connectivity index is 1.94. The van der Waals surface area contributed by atoms with Crippen LogP contribution in [-0.4, -0.2) is 28.9 Å². The number of aliphatic hydroxyl groups is 1. The summed E-state index contributed by atoms with van der Waals surface area (Å²) < 4.78 is 5.21. The van der Waals surface area contributed by atoms with Gasteiger partial charge in [-0.3, -0.25) is 19.5 Å². The van der Waals surface area contributed by atoms with E-state index in [-0.39, 0.29) is 11.3 Å². The van der Waals surface area contributed by atoms with Crippen molar-refractivity contribution in [2.24, 2.45) is 0 Å². The van der Waals surface area contributed by atoms with Gasteiger partial charge in [0.15, 0.2) is 0 Å². The van der Waals surface area contributed by atoms with Gasteiger partial charge in [0, 0.05) is 17.4 Å². The van der Waals surface area contributed by atoms with Crippen molar-refractivity contribution in [2.45, 2.75) is 6.04 Å². The number of rotatable bonds is 4. The molecule has 30 heavy (non-hydrogen) atoms. The van der Waals surface area contributed by atoms with E-state index in [0.717, 1.165) is 0 Å². The van der Waals surface area contributed by atoms with Crippen molar-refractivity contribution < 1.29 is 19.4 Å². The normalized spacial score (nSPS) is 17.9. The molecule has 3 aromatic rings. The van der Waals surface area contributed by atoms with Crippen LogP contribution < -0.4 is 9.64 Å². The predicted molar refractivity (Wildman–Crippen MR) is 113 cm³/mol. The first-order valence-corrected chi connectivity index (χ1v) is 9.51. The van der Waals surface area contributed by atoms with Gasteiger partial charge in [-0.25, -0.2) is 0 Å². The van der Waals surface area contributed by atoms with E-state index in [4.69, 9.17) is 16.3 Å². The number of amides is 1. The van der Waals surface area contributed by atoms with Crippen molar-refractivity contribution in [1.29, 1.82) is 0 Å². The van der Waals surface area contributed by atoms with Crippen LogP contribution in [0.4, 0.5) is 5.69 Å². The number of pyridine rings is 1. The summed E-state index contributed by atoms with van der Waals surface area (Å²) in [6.45, 7) is 0. The second kappa shape index (κ2) is 8.00. The van der Waals surface area contributed by atoms with Crippen LogP contribution in [-0.2, 0) is 9.59 Å². The zero-order chi connectivity index (χ0) is 21.3. The molecule has 1 aliphatic rings. The minimum absolute atomic E-state index is 0.0491. The lowest BCUT2D eigenvalue weighted by molar-refractivity contribution is -0.132. The Morgan fingerprint density at radius 2 is 1.80 bits per heavy atom. The highest BCUT2D eigenvalue weighted by Gasteiger charge is 2.47. The Hall–Kier alpha value is -3.64. The van der Waals surface area contributed by atoms with Crippen LogP contribution in [0.1, 0.15) is 17.3 Å². The highest BCUT2D eigenvalue weighted by molar-refractivity contribution is 6.51. The number of Topliss-reactive ketones (excluding diaryl/α,β-unsaturated/α-hetero) is 1. The maximum atomic E-state index is 13.0. The number of methoxy groups -OCH3 is 1. The van der Waals surface area contributed by atoms with Gasteiger partial charge >= 0.3 is 0 Å². The van der Waals surface area contributed by atoms with E-state index in [1.54, 1.807) is 60.8 Å². The molecule has 1 amide bonds. The zero-order valence-electron chi connectivity index (χ0n) is 15.9. The highest BCUT2D eigenvalue weighted by atomic mass is 35.5. The zero-order valence-corrected chi connectivity index (χ0v) is 16.7. The monoisotopic (exact) mass is 420 g/mol. The number of para-hydroxylation sites is 1. The molecule has 0 bridgehead atoms. The number of benzene rings is 2. The standard InChI is InChI=1S/C23H17ClN2O4/c1-30-18-13-14(10-11-16(18)24)21(27)19-20(17-9-5-6-12-25-17)26(23(29)22(19)28)15-7-3-2-4-8-15/h2-13,20,27H,1H3/b21-19-. The summed E-state index contributed by atoms with van der Waals surface area (Å²) >= 11 is 6.08. The molecule has 150 valence electrons. The van der Waals surface area contributed by atoms with Crippen LogP contribution in [0.25, 0.3) is 5.76 Å². The van der Waals surface area contributed by atoms with Gasteiger partial charge in [-0.05, 0) is 42.5 Å². The Bertz CT molecular complexity index is 1150. The first-order valence-electron chi connectivity index (χ1n) is 9.14. The molecule has 2 heterocycles. The van der Waals surface area contributed by atoms with E-state index >= 15 is 0 Å². The quantitative estimate of drug-likeness (QED) is 0.385. The van der Waals surface area contributed by atoms with Gasteiger partial charge in [0.25, 0.3) is 11.7 Å². The molecule has 4 rings (SSSR count). The minimum atomic E-state index is -0.879. The van der Waals surface area contributed by atoms with Crippen LogP contribution in [0.15, 0.2) is 78.5 Å². The Kier molecular flexibility index (Phi) is 5.25. The minimum Gasteiger partial charge on any atom is -0.507 e. The van der Waals surface area contributed by atoms with Gasteiger partial charge in [-0.1, -0.05) is 35.9 Å². The second-order valence-corrected chi connectivity index (χ2v) is 7.02. The molecular formula is C23H17ClN2O4. The molecule has 1 unspecified atom stereocenters. The molecule has 1 saturated heterocycles. The summed E-state index contributed by atoms with van der Waals surface area (Å²) in [5, 5.41) is 11.4. The number of carbonyl (C=O) groups is 2. The summed E-state index contributed by atoms with van der Waals surface area (Å²) in [6.07, 6.45) is 1.58. The lowest BCUT2D eigenvalue weighted by atomic mass is 9.98. The van der Waals surface area contributed by atoms with Gasteiger partial charge in [0.05, 0.1) is 23.4 Å². The molecule has 2 aromatic carbocycles. The molecule has 1 aromatic heterocycles. The van der Waals surface area contributed by atoms with E-state index in [1.807, 2.05) is 6.07 Å². The van der Waals surface area contributed by atoms with Crippen LogP contribution >= 0.6 is 11.6 Å². The van der Waals surface area contributed by atoms with Gasteiger partial charge in [0.2, 0.25) is 0 Å². The number of hydrogen-bond donors (Lipinski definition) is 1. The lowest BCUT2D eigenvalue weighted by Gasteiger charge is -2.24. The van der Waals surface area contributed by atoms with Gasteiger partial charge < -0.3 is 9.84 Å². The molecule has 1 fully saturated rings. The Labute approximate surface area is 178 Å². The van der Waals surface area contributed by atoms with Crippen molar-refractivity contribution >= 4 is 34.7 Å². The van der Waals surface area contributed by atoms with Crippen molar-refractivity contribution in [3.8, 4) is 5.75 Å². The topological polar surface area (TPSA) is 79.7 Å². The number of hydrogen-bond acceptors (Lipinski definition) is 5. The first-order chi connectivity index (χ1) is 14.5. The summed E-state index contributed by atoms with van der Waals surface area (Å²) in [5.74, 6) is -1.51. The third kappa shape index (κ3) is 3.31. The third-order valence-corrected chi connectivity index (χ3v) is 5.18. The molecule has 6 nitrogen and oxygen atoms in total. The average Bonchev–Trinajstić information content (AvgIpc) is 3.05. The van der Waals surface area contributed by atoms with E-state index < -0.39 is 17.7 Å². The van der Waals surface area contributed by atoms with Gasteiger partial charge in [0.1, 0.15) is 17.6 Å². The fourth-order valence-electron chi connectivity index (χ4n) is 3.47. The number of halogens is 1. The number of ketones is 1. The SMILES string of the molecule is COc1cc(/C(O)=C2/C(=O)C(=O)N(c3ccccc3)C2c2ccccn2)ccc1Cl. The van der Waals surface area contributed by atoms with Crippen molar-refractivity contribution in [3.63, 3.8) is 0 Å². The molecule has 0 aliphatic carbocycles. The number of nitrogens with zero attached hydrogens (tertiary/aromatic N) is 2. The molecule has 0 saturated carbocycles. The van der Waals surface area contributed by atoms with Gasteiger partial charge in [-0.15, -0.1) is 0 Å². The highest BCUT2D eigenvalue weighted by Crippen LogP contribution is 2.42. The summed E-state index contributed by atoms with van der Waals surface area (Å²) in [7, 11) is 1.45. The smallest absolute Gasteiger partial charge is 0.300 e. The van der Waals surface area contributed by atoms with E-state index in [1.165, 1.54) is 18.1 Å². The largest absolute Gasteiger partial charge is 0.507 e. The van der Waals surface area contributed by atoms with E-state index in [9.17, 15) is 14.7 Å². The third-order valence-electron chi connectivity index (χ3n) is 4.87. The molecule has 1 N–H and O–H groups in total. The molecule has 0 radical (unpaired) electrons. The molecule has 1 aliphatic heterocycles. The molecule has 7 heteroatoms. The summed E-state index contributed by atoms with van der Waals surface area (Å²) in [6, 6.07) is 17.8. The lowest BCUT2D eigenvalue weighted by Crippen LogP contribution is -2.29. The summed E-state index contributed by atoms with van der Waals surface area (Å²) in [5.41, 5.74) is 1.25. The van der Waals surface area contributed by atoms with Crippen molar-refractivity contribution in [1.82, 2.24) is 4.98 Å².